The molecule has 178 valence electrons. The second kappa shape index (κ2) is 9.76. The molecule has 1 aliphatic carbocycles. The first kappa shape index (κ1) is 24.2. The number of hydrazine groups is 1. The summed E-state index contributed by atoms with van der Waals surface area (Å²) in [7, 11) is 1.51. The summed E-state index contributed by atoms with van der Waals surface area (Å²) in [4.78, 5) is 53.8. The smallest absolute Gasteiger partial charge is 0.275 e. The maximum Gasteiger partial charge on any atom is 0.275 e. The molecule has 0 unspecified atom stereocenters. The topological polar surface area (TPSA) is 84.0 Å². The van der Waals surface area contributed by atoms with E-state index in [-0.39, 0.29) is 10.6 Å². The van der Waals surface area contributed by atoms with Crippen molar-refractivity contribution in [2.24, 2.45) is 11.8 Å². The van der Waals surface area contributed by atoms with Gasteiger partial charge in [-0.1, -0.05) is 36.0 Å². The van der Waals surface area contributed by atoms with E-state index in [0.717, 1.165) is 22.9 Å². The fraction of sp³-hybridized carbons (Fsp3) is 0.360. The molecule has 4 rings (SSSR count). The Balaban J connectivity index is 1.75. The van der Waals surface area contributed by atoms with Crippen LogP contribution in [0.4, 0.5) is 0 Å². The molecule has 1 saturated carbocycles. The fourth-order valence-electron chi connectivity index (χ4n) is 4.69. The fourth-order valence-corrected chi connectivity index (χ4v) is 5.18. The molecule has 0 N–H and O–H groups in total. The van der Waals surface area contributed by atoms with Crippen molar-refractivity contribution in [2.75, 3.05) is 7.11 Å². The van der Waals surface area contributed by atoms with E-state index in [2.05, 4.69) is 0 Å². The predicted octanol–water partition coefficient (Wildman–Crippen LogP) is 4.81. The third-order valence-corrected chi connectivity index (χ3v) is 7.07. The summed E-state index contributed by atoms with van der Waals surface area (Å²) in [6.45, 7) is 1.50. The minimum atomic E-state index is -1.15. The quantitative estimate of drug-likeness (QED) is 0.418. The number of carbonyl (C=O) groups excluding carboxylic acids is 4. The molecule has 2 fully saturated rings. The van der Waals surface area contributed by atoms with Crippen molar-refractivity contribution in [2.45, 2.75) is 38.6 Å². The third-order valence-electron chi connectivity index (χ3n) is 6.52. The van der Waals surface area contributed by atoms with Crippen molar-refractivity contribution in [1.82, 2.24) is 10.0 Å². The van der Waals surface area contributed by atoms with Gasteiger partial charge in [-0.25, -0.2) is 5.01 Å². The lowest BCUT2D eigenvalue weighted by Crippen LogP contribution is -2.56. The van der Waals surface area contributed by atoms with Crippen LogP contribution in [0, 0.1) is 11.8 Å². The highest BCUT2D eigenvalue weighted by molar-refractivity contribution is 6.36. The van der Waals surface area contributed by atoms with Crippen LogP contribution in [0.1, 0.15) is 53.3 Å². The van der Waals surface area contributed by atoms with Crippen molar-refractivity contribution in [3.63, 3.8) is 0 Å². The lowest BCUT2D eigenvalue weighted by molar-refractivity contribution is -0.156. The molecule has 3 atom stereocenters. The van der Waals surface area contributed by atoms with E-state index in [1.165, 1.54) is 32.2 Å². The van der Waals surface area contributed by atoms with E-state index in [1.807, 2.05) is 0 Å². The Morgan fingerprint density at radius 2 is 1.59 bits per heavy atom. The molecule has 1 heterocycles. The van der Waals surface area contributed by atoms with Gasteiger partial charge in [0.2, 0.25) is 0 Å². The molecule has 3 amide bonds. The molecular formula is C25H24Cl2N2O5. The molecule has 0 spiro atoms. The van der Waals surface area contributed by atoms with Crippen LogP contribution in [0.2, 0.25) is 10.0 Å². The highest BCUT2D eigenvalue weighted by Gasteiger charge is 2.53. The maximum absolute atomic E-state index is 13.7. The first-order chi connectivity index (χ1) is 16.2. The van der Waals surface area contributed by atoms with Gasteiger partial charge in [-0.2, -0.15) is 5.01 Å². The number of halogens is 2. The van der Waals surface area contributed by atoms with Gasteiger partial charge in [0.25, 0.3) is 17.7 Å². The van der Waals surface area contributed by atoms with E-state index < -0.39 is 41.4 Å². The molecule has 0 bridgehead atoms. The Kier molecular flexibility index (Phi) is 6.96. The molecule has 9 heteroatoms. The second-order valence-electron chi connectivity index (χ2n) is 8.53. The van der Waals surface area contributed by atoms with Gasteiger partial charge >= 0.3 is 0 Å². The van der Waals surface area contributed by atoms with Crippen LogP contribution in [-0.4, -0.2) is 46.7 Å². The van der Waals surface area contributed by atoms with E-state index >= 15 is 0 Å². The minimum absolute atomic E-state index is 0.0379. The number of imide groups is 1. The van der Waals surface area contributed by atoms with Gasteiger partial charge < -0.3 is 4.74 Å². The van der Waals surface area contributed by atoms with Crippen molar-refractivity contribution < 1.29 is 23.9 Å². The van der Waals surface area contributed by atoms with Crippen LogP contribution in [0.3, 0.4) is 0 Å². The molecular weight excluding hydrogens is 479 g/mol. The molecule has 7 nitrogen and oxygen atoms in total. The van der Waals surface area contributed by atoms with Gasteiger partial charge in [0.05, 0.1) is 29.5 Å². The van der Waals surface area contributed by atoms with Gasteiger partial charge in [0, 0.05) is 10.6 Å². The number of rotatable bonds is 6. The molecule has 0 radical (unpaired) electrons. The number of methoxy groups -OCH3 is 1. The number of fused-ring (bicyclic) bond motifs is 1. The number of carbonyl (C=O) groups is 4. The Hall–Kier alpha value is -2.90. The van der Waals surface area contributed by atoms with Crippen molar-refractivity contribution in [1.29, 1.82) is 0 Å². The van der Waals surface area contributed by atoms with Crippen molar-refractivity contribution in [3.05, 3.63) is 63.6 Å². The Morgan fingerprint density at radius 1 is 1.00 bits per heavy atom. The third kappa shape index (κ3) is 4.30. The van der Waals surface area contributed by atoms with Crippen molar-refractivity contribution >= 4 is 46.7 Å². The summed E-state index contributed by atoms with van der Waals surface area (Å²) in [6.07, 6.45) is 2.84. The number of hydrogen-bond donors (Lipinski definition) is 0. The largest absolute Gasteiger partial charge is 0.497 e. The lowest BCUT2D eigenvalue weighted by Gasteiger charge is -2.35. The van der Waals surface area contributed by atoms with Crippen LogP contribution in [0.15, 0.2) is 42.5 Å². The Morgan fingerprint density at radius 3 is 2.12 bits per heavy atom. The van der Waals surface area contributed by atoms with E-state index in [9.17, 15) is 19.2 Å². The zero-order valence-electron chi connectivity index (χ0n) is 18.8. The highest BCUT2D eigenvalue weighted by atomic mass is 35.5. The van der Waals surface area contributed by atoms with Crippen LogP contribution in [0.5, 0.6) is 5.75 Å². The zero-order valence-corrected chi connectivity index (χ0v) is 20.3. The molecule has 2 aliphatic rings. The molecule has 34 heavy (non-hydrogen) atoms. The number of benzene rings is 2. The summed E-state index contributed by atoms with van der Waals surface area (Å²) < 4.78 is 5.14. The van der Waals surface area contributed by atoms with Gasteiger partial charge in [0.15, 0.2) is 5.78 Å². The van der Waals surface area contributed by atoms with Crippen LogP contribution in [0.25, 0.3) is 0 Å². The van der Waals surface area contributed by atoms with E-state index in [4.69, 9.17) is 27.9 Å². The molecule has 2 aromatic rings. The number of Topliss-reactive ketones (excluding diaryl/α,β-unsaturated/α-hetero) is 1. The molecule has 1 saturated heterocycles. The van der Waals surface area contributed by atoms with Gasteiger partial charge in [-0.3, -0.25) is 19.2 Å². The summed E-state index contributed by atoms with van der Waals surface area (Å²) in [5, 5.41) is 2.22. The van der Waals surface area contributed by atoms with Gasteiger partial charge in [0.1, 0.15) is 11.8 Å². The predicted molar refractivity (Wildman–Crippen MR) is 127 cm³/mol. The second-order valence-corrected chi connectivity index (χ2v) is 9.37. The lowest BCUT2D eigenvalue weighted by atomic mass is 9.81. The average molecular weight is 503 g/mol. The molecule has 1 aliphatic heterocycles. The molecule has 2 aromatic carbocycles. The zero-order chi connectivity index (χ0) is 24.6. The van der Waals surface area contributed by atoms with Gasteiger partial charge in [-0.05, 0) is 62.2 Å². The van der Waals surface area contributed by atoms with Crippen LogP contribution in [-0.2, 0) is 9.59 Å². The van der Waals surface area contributed by atoms with Crippen molar-refractivity contribution in [3.8, 4) is 5.75 Å². The van der Waals surface area contributed by atoms with E-state index in [1.54, 1.807) is 24.3 Å². The number of hydrogen-bond acceptors (Lipinski definition) is 5. The number of ether oxygens (including phenoxy) is 1. The van der Waals surface area contributed by atoms with Crippen LogP contribution >= 0.6 is 23.2 Å². The Bertz CT molecular complexity index is 1130. The number of amides is 3. The maximum atomic E-state index is 13.7. The first-order valence-electron chi connectivity index (χ1n) is 11.1. The summed E-state index contributed by atoms with van der Waals surface area (Å²) >= 11 is 12.3. The summed E-state index contributed by atoms with van der Waals surface area (Å²) in [6, 6.07) is 9.56. The average Bonchev–Trinajstić information content (AvgIpc) is 3.09. The first-order valence-corrected chi connectivity index (χ1v) is 11.8. The molecule has 0 aromatic heterocycles. The SMILES string of the molecule is COc1ccc(C(=O)[C@@H](C)N(C(=O)c2ccc(Cl)cc2Cl)N2C(=O)[C@H]3CCCC[C@H]3C2=O)cc1. The highest BCUT2D eigenvalue weighted by Crippen LogP contribution is 2.40. The Labute approximate surface area is 207 Å². The summed E-state index contributed by atoms with van der Waals surface area (Å²) in [5.74, 6) is -2.47. The normalized spacial score (nSPS) is 20.6. The van der Waals surface area contributed by atoms with Gasteiger partial charge in [-0.15, -0.1) is 0 Å². The number of ketones is 1. The summed E-state index contributed by atoms with van der Waals surface area (Å²) in [5.41, 5.74) is 0.348. The number of nitrogens with zero attached hydrogens (tertiary/aromatic N) is 2. The standard InChI is InChI=1S/C25H24Cl2N2O5/c1-14(22(30)15-7-10-17(34-2)11-8-15)28(25(33)20-12-9-16(26)13-21(20)27)29-23(31)18-5-3-4-6-19(18)24(29)32/h7-14,18-19H,3-6H2,1-2H3/t14-,18-,19+/m1/s1. The minimum Gasteiger partial charge on any atom is -0.497 e. The monoisotopic (exact) mass is 502 g/mol. The van der Waals surface area contributed by atoms with E-state index in [0.29, 0.717) is 29.2 Å². The van der Waals surface area contributed by atoms with Crippen LogP contribution < -0.4 is 4.74 Å².